The van der Waals surface area contributed by atoms with Gasteiger partial charge in [-0.3, -0.25) is 5.84 Å². The van der Waals surface area contributed by atoms with Crippen LogP contribution in [0.15, 0.2) is 24.3 Å². The van der Waals surface area contributed by atoms with E-state index < -0.39 is 0 Å². The normalized spacial score (nSPS) is 10.0. The number of hydrogen-bond donors (Lipinski definition) is 1. The zero-order chi connectivity index (χ0) is 8.15. The summed E-state index contributed by atoms with van der Waals surface area (Å²) in [5.74, 6) is 5.59. The molecule has 0 spiro atoms. The highest BCUT2D eigenvalue weighted by molar-refractivity contribution is 4.96. The molecule has 2 heteroatoms. The molecule has 0 bridgehead atoms. The van der Waals surface area contributed by atoms with Gasteiger partial charge in [0, 0.05) is 13.1 Å². The zero-order valence-corrected chi connectivity index (χ0v) is 6.85. The predicted molar refractivity (Wildman–Crippen MR) is 45.4 cm³/mol. The number of hydrogen-bond acceptors (Lipinski definition) is 2. The summed E-state index contributed by atoms with van der Waals surface area (Å²) >= 11 is 0. The van der Waals surface area contributed by atoms with Crippen molar-refractivity contribution in [1.29, 1.82) is 0 Å². The van der Waals surface area contributed by atoms with Gasteiger partial charge in [0.15, 0.2) is 0 Å². The van der Waals surface area contributed by atoms with Crippen molar-refractivity contribution < 1.29 is 0 Å². The van der Waals surface area contributed by atoms with Crippen molar-refractivity contribution in [2.75, 3.05) is 13.1 Å². The van der Waals surface area contributed by atoms with Crippen LogP contribution in [-0.4, -0.2) is 18.1 Å². The molecule has 0 aliphatic carbocycles. The van der Waals surface area contributed by atoms with Crippen molar-refractivity contribution in [1.82, 2.24) is 5.01 Å². The lowest BCUT2D eigenvalue weighted by Gasteiger charge is -2.15. The van der Waals surface area contributed by atoms with Crippen molar-refractivity contribution in [2.24, 2.45) is 5.84 Å². The Labute approximate surface area is 63.0 Å². The van der Waals surface area contributed by atoms with E-state index >= 15 is 0 Å². The molecular formula is C8H16N2. The summed E-state index contributed by atoms with van der Waals surface area (Å²) in [6, 6.07) is 0. The second-order valence-corrected chi connectivity index (χ2v) is 2.82. The molecule has 0 heterocycles. The van der Waals surface area contributed by atoms with Crippen molar-refractivity contribution in [3.05, 3.63) is 24.3 Å². The fourth-order valence-electron chi connectivity index (χ4n) is 0.749. The number of nitrogens with two attached hydrogens (primary N) is 1. The first-order valence-electron chi connectivity index (χ1n) is 3.30. The summed E-state index contributed by atoms with van der Waals surface area (Å²) in [6.07, 6.45) is 0. The predicted octanol–water partition coefficient (Wildman–Crippen LogP) is 1.31. The first-order valence-corrected chi connectivity index (χ1v) is 3.30. The molecule has 0 fully saturated rings. The largest absolute Gasteiger partial charge is 0.268 e. The van der Waals surface area contributed by atoms with E-state index in [9.17, 15) is 0 Å². The quantitative estimate of drug-likeness (QED) is 0.362. The molecule has 0 rings (SSSR count). The van der Waals surface area contributed by atoms with Gasteiger partial charge in [-0.1, -0.05) is 24.3 Å². The topological polar surface area (TPSA) is 29.3 Å². The van der Waals surface area contributed by atoms with Crippen LogP contribution in [0.25, 0.3) is 0 Å². The SMILES string of the molecule is C=C(C)CN(N)CC(=C)C. The van der Waals surface area contributed by atoms with E-state index in [1.165, 1.54) is 0 Å². The van der Waals surface area contributed by atoms with E-state index in [4.69, 9.17) is 5.84 Å². The number of hydrazine groups is 1. The molecule has 10 heavy (non-hydrogen) atoms. The van der Waals surface area contributed by atoms with Gasteiger partial charge in [0.05, 0.1) is 0 Å². The molecule has 0 radical (unpaired) electrons. The van der Waals surface area contributed by atoms with Crippen LogP contribution >= 0.6 is 0 Å². The van der Waals surface area contributed by atoms with Crippen molar-refractivity contribution >= 4 is 0 Å². The second-order valence-electron chi connectivity index (χ2n) is 2.82. The van der Waals surface area contributed by atoms with Gasteiger partial charge in [0.2, 0.25) is 0 Å². The van der Waals surface area contributed by atoms with E-state index in [0.717, 1.165) is 24.2 Å². The fourth-order valence-corrected chi connectivity index (χ4v) is 0.749. The third-order valence-corrected chi connectivity index (χ3v) is 0.946. The summed E-state index contributed by atoms with van der Waals surface area (Å²) in [5, 5.41) is 1.70. The van der Waals surface area contributed by atoms with Gasteiger partial charge in [0.1, 0.15) is 0 Å². The molecule has 2 N–H and O–H groups in total. The second kappa shape index (κ2) is 4.25. The minimum Gasteiger partial charge on any atom is -0.268 e. The molecule has 0 aliphatic heterocycles. The highest BCUT2D eigenvalue weighted by atomic mass is 15.4. The lowest BCUT2D eigenvalue weighted by molar-refractivity contribution is 0.335. The molecule has 0 saturated carbocycles. The monoisotopic (exact) mass is 140 g/mol. The molecule has 0 aromatic carbocycles. The van der Waals surface area contributed by atoms with Crippen LogP contribution in [0.3, 0.4) is 0 Å². The van der Waals surface area contributed by atoms with Gasteiger partial charge in [0.25, 0.3) is 0 Å². The van der Waals surface area contributed by atoms with E-state index in [1.54, 1.807) is 5.01 Å². The average Bonchev–Trinajstić information content (AvgIpc) is 1.58. The molecule has 2 nitrogen and oxygen atoms in total. The Morgan fingerprint density at radius 2 is 1.50 bits per heavy atom. The van der Waals surface area contributed by atoms with Gasteiger partial charge in [-0.25, -0.2) is 5.01 Å². The average molecular weight is 140 g/mol. The van der Waals surface area contributed by atoms with E-state index in [-0.39, 0.29) is 0 Å². The van der Waals surface area contributed by atoms with Crippen molar-refractivity contribution in [3.63, 3.8) is 0 Å². The molecule has 0 unspecified atom stereocenters. The zero-order valence-electron chi connectivity index (χ0n) is 6.85. The lowest BCUT2D eigenvalue weighted by atomic mass is 10.3. The maximum Gasteiger partial charge on any atom is 0.0337 e. The summed E-state index contributed by atoms with van der Waals surface area (Å²) in [4.78, 5) is 0. The van der Waals surface area contributed by atoms with E-state index in [2.05, 4.69) is 13.2 Å². The Hall–Kier alpha value is -0.600. The highest BCUT2D eigenvalue weighted by Gasteiger charge is 1.96. The summed E-state index contributed by atoms with van der Waals surface area (Å²) in [7, 11) is 0. The third kappa shape index (κ3) is 5.54. The Kier molecular flexibility index (Phi) is 4.00. The Morgan fingerprint density at radius 1 is 1.20 bits per heavy atom. The van der Waals surface area contributed by atoms with E-state index in [0.29, 0.717) is 0 Å². The standard InChI is InChI=1S/C8H16N2/c1-7(2)5-10(9)6-8(3)4/h1,3,5-6,9H2,2,4H3. The molecule has 0 aliphatic rings. The first-order chi connectivity index (χ1) is 4.52. The maximum atomic E-state index is 5.59. The summed E-state index contributed by atoms with van der Waals surface area (Å²) in [5.41, 5.74) is 2.15. The Bertz CT molecular complexity index is 122. The minimum absolute atomic E-state index is 0.743. The minimum atomic E-state index is 0.743. The molecule has 0 atom stereocenters. The number of nitrogens with zero attached hydrogens (tertiary/aromatic N) is 1. The number of rotatable bonds is 4. The molecular weight excluding hydrogens is 124 g/mol. The molecule has 58 valence electrons. The summed E-state index contributed by atoms with van der Waals surface area (Å²) in [6.45, 7) is 12.9. The van der Waals surface area contributed by atoms with Crippen LogP contribution in [-0.2, 0) is 0 Å². The first kappa shape index (κ1) is 9.40. The van der Waals surface area contributed by atoms with Crippen LogP contribution in [0.2, 0.25) is 0 Å². The van der Waals surface area contributed by atoms with Crippen LogP contribution in [0.5, 0.6) is 0 Å². The van der Waals surface area contributed by atoms with Crippen LogP contribution in [0.1, 0.15) is 13.8 Å². The van der Waals surface area contributed by atoms with Gasteiger partial charge < -0.3 is 0 Å². The summed E-state index contributed by atoms with van der Waals surface area (Å²) < 4.78 is 0. The lowest BCUT2D eigenvalue weighted by Crippen LogP contribution is -2.33. The Balaban J connectivity index is 3.53. The highest BCUT2D eigenvalue weighted by Crippen LogP contribution is 1.93. The molecule has 0 aromatic rings. The van der Waals surface area contributed by atoms with Gasteiger partial charge in [-0.05, 0) is 13.8 Å². The van der Waals surface area contributed by atoms with Crippen LogP contribution in [0.4, 0.5) is 0 Å². The molecule has 0 saturated heterocycles. The molecule has 0 amide bonds. The van der Waals surface area contributed by atoms with Crippen molar-refractivity contribution in [2.45, 2.75) is 13.8 Å². The smallest absolute Gasteiger partial charge is 0.0337 e. The Morgan fingerprint density at radius 3 is 1.70 bits per heavy atom. The van der Waals surface area contributed by atoms with Crippen LogP contribution < -0.4 is 5.84 Å². The van der Waals surface area contributed by atoms with Gasteiger partial charge in [-0.2, -0.15) is 0 Å². The maximum absolute atomic E-state index is 5.59. The van der Waals surface area contributed by atoms with E-state index in [1.807, 2.05) is 13.8 Å². The third-order valence-electron chi connectivity index (χ3n) is 0.946. The molecule has 0 aromatic heterocycles. The fraction of sp³-hybridized carbons (Fsp3) is 0.500. The van der Waals surface area contributed by atoms with Gasteiger partial charge in [-0.15, -0.1) is 0 Å². The van der Waals surface area contributed by atoms with Crippen molar-refractivity contribution in [3.8, 4) is 0 Å². The van der Waals surface area contributed by atoms with Gasteiger partial charge >= 0.3 is 0 Å². The van der Waals surface area contributed by atoms with Crippen LogP contribution in [0, 0.1) is 0 Å².